The third-order valence-electron chi connectivity index (χ3n) is 4.20. The Hall–Kier alpha value is -2.14. The van der Waals surface area contributed by atoms with Crippen LogP contribution in [-0.2, 0) is 6.54 Å². The van der Waals surface area contributed by atoms with E-state index in [2.05, 4.69) is 5.32 Å². The van der Waals surface area contributed by atoms with E-state index in [9.17, 15) is 9.59 Å². The van der Waals surface area contributed by atoms with Crippen molar-refractivity contribution in [3.05, 3.63) is 58.3 Å². The van der Waals surface area contributed by atoms with Crippen LogP contribution in [-0.4, -0.2) is 29.8 Å². The topological polar surface area (TPSA) is 49.4 Å². The van der Waals surface area contributed by atoms with Gasteiger partial charge in [-0.15, -0.1) is 11.3 Å². The van der Waals surface area contributed by atoms with Crippen molar-refractivity contribution in [3.8, 4) is 0 Å². The molecule has 1 aliphatic heterocycles. The van der Waals surface area contributed by atoms with Gasteiger partial charge >= 0.3 is 6.03 Å². The van der Waals surface area contributed by atoms with Gasteiger partial charge in [-0.2, -0.15) is 0 Å². The number of hydrogen-bond acceptors (Lipinski definition) is 3. The molecule has 2 heterocycles. The Morgan fingerprint density at radius 1 is 1.09 bits per heavy atom. The molecule has 0 radical (unpaired) electrons. The fraction of sp³-hybridized carbons (Fsp3) is 0.333. The summed E-state index contributed by atoms with van der Waals surface area (Å²) >= 11 is 1.50. The SMILES string of the molecule is O=C(c1cccs1)C1CCN(C(=O)NCc2ccccc2)CC1. The average molecular weight is 328 g/mol. The molecule has 1 fully saturated rings. The number of ketones is 1. The van der Waals surface area contributed by atoms with E-state index < -0.39 is 0 Å². The number of carbonyl (C=O) groups is 2. The molecule has 1 saturated heterocycles. The van der Waals surface area contributed by atoms with E-state index in [1.807, 2.05) is 47.8 Å². The van der Waals surface area contributed by atoms with Crippen LogP contribution < -0.4 is 5.32 Å². The first-order chi connectivity index (χ1) is 11.2. The van der Waals surface area contributed by atoms with Crippen LogP contribution in [0.1, 0.15) is 28.1 Å². The number of rotatable bonds is 4. The molecule has 0 atom stereocenters. The average Bonchev–Trinajstić information content (AvgIpc) is 3.15. The van der Waals surface area contributed by atoms with Crippen LogP contribution in [0.3, 0.4) is 0 Å². The first kappa shape index (κ1) is 15.7. The number of piperidine rings is 1. The summed E-state index contributed by atoms with van der Waals surface area (Å²) in [5, 5.41) is 4.87. The zero-order valence-corrected chi connectivity index (χ0v) is 13.7. The lowest BCUT2D eigenvalue weighted by molar-refractivity contribution is 0.0858. The molecule has 1 aromatic carbocycles. The maximum atomic E-state index is 12.3. The van der Waals surface area contributed by atoms with Gasteiger partial charge in [0.15, 0.2) is 5.78 Å². The lowest BCUT2D eigenvalue weighted by Gasteiger charge is -2.31. The summed E-state index contributed by atoms with van der Waals surface area (Å²) in [5.41, 5.74) is 1.09. The van der Waals surface area contributed by atoms with Crippen molar-refractivity contribution < 1.29 is 9.59 Å². The molecule has 23 heavy (non-hydrogen) atoms. The molecule has 0 unspecified atom stereocenters. The summed E-state index contributed by atoms with van der Waals surface area (Å²) in [7, 11) is 0. The number of benzene rings is 1. The molecule has 0 saturated carbocycles. The van der Waals surface area contributed by atoms with Crippen molar-refractivity contribution in [3.63, 3.8) is 0 Å². The number of carbonyl (C=O) groups excluding carboxylic acids is 2. The van der Waals surface area contributed by atoms with Crippen molar-refractivity contribution in [1.29, 1.82) is 0 Å². The van der Waals surface area contributed by atoms with E-state index in [1.165, 1.54) is 11.3 Å². The van der Waals surface area contributed by atoms with E-state index in [-0.39, 0.29) is 17.7 Å². The van der Waals surface area contributed by atoms with Crippen LogP contribution in [0.15, 0.2) is 47.8 Å². The minimum absolute atomic E-state index is 0.0455. The Balaban J connectivity index is 1.47. The van der Waals surface area contributed by atoms with Crippen LogP contribution in [0.2, 0.25) is 0 Å². The van der Waals surface area contributed by atoms with Gasteiger partial charge in [0.25, 0.3) is 0 Å². The molecule has 3 rings (SSSR count). The molecule has 1 aliphatic rings. The molecular formula is C18H20N2O2S. The molecule has 1 N–H and O–H groups in total. The number of nitrogens with one attached hydrogen (secondary N) is 1. The van der Waals surface area contributed by atoms with E-state index in [4.69, 9.17) is 0 Å². The van der Waals surface area contributed by atoms with E-state index in [0.717, 1.165) is 23.3 Å². The lowest BCUT2D eigenvalue weighted by Crippen LogP contribution is -2.45. The third-order valence-corrected chi connectivity index (χ3v) is 5.09. The zero-order valence-electron chi connectivity index (χ0n) is 12.9. The van der Waals surface area contributed by atoms with Gasteiger partial charge in [0, 0.05) is 25.6 Å². The second-order valence-corrected chi connectivity index (χ2v) is 6.69. The Labute approximate surface area is 140 Å². The first-order valence-corrected chi connectivity index (χ1v) is 8.76. The number of nitrogens with zero attached hydrogens (tertiary/aromatic N) is 1. The van der Waals surface area contributed by atoms with Gasteiger partial charge in [0.2, 0.25) is 0 Å². The Bertz CT molecular complexity index is 647. The van der Waals surface area contributed by atoms with E-state index in [0.29, 0.717) is 19.6 Å². The van der Waals surface area contributed by atoms with E-state index in [1.54, 1.807) is 4.90 Å². The predicted octanol–water partition coefficient (Wildman–Crippen LogP) is 3.55. The summed E-state index contributed by atoms with van der Waals surface area (Å²) in [6.45, 7) is 1.82. The minimum atomic E-state index is -0.0455. The summed E-state index contributed by atoms with van der Waals surface area (Å²) in [6, 6.07) is 13.6. The van der Waals surface area contributed by atoms with Crippen LogP contribution in [0, 0.1) is 5.92 Å². The second kappa shape index (κ2) is 7.42. The highest BCUT2D eigenvalue weighted by molar-refractivity contribution is 7.12. The summed E-state index contributed by atoms with van der Waals surface area (Å²) < 4.78 is 0. The van der Waals surface area contributed by atoms with Gasteiger partial charge in [-0.3, -0.25) is 4.79 Å². The number of likely N-dealkylation sites (tertiary alicyclic amines) is 1. The highest BCUT2D eigenvalue weighted by Gasteiger charge is 2.28. The Morgan fingerprint density at radius 2 is 1.83 bits per heavy atom. The van der Waals surface area contributed by atoms with Crippen molar-refractivity contribution in [2.75, 3.05) is 13.1 Å². The van der Waals surface area contributed by atoms with Gasteiger partial charge in [0.1, 0.15) is 0 Å². The molecule has 2 aromatic rings. The number of thiophene rings is 1. The van der Waals surface area contributed by atoms with Gasteiger partial charge in [-0.25, -0.2) is 4.79 Å². The van der Waals surface area contributed by atoms with Gasteiger partial charge in [0.05, 0.1) is 4.88 Å². The Morgan fingerprint density at radius 3 is 2.48 bits per heavy atom. The number of Topliss-reactive ketones (excluding diaryl/α,β-unsaturated/α-hetero) is 1. The van der Waals surface area contributed by atoms with Crippen LogP contribution in [0.25, 0.3) is 0 Å². The van der Waals surface area contributed by atoms with Gasteiger partial charge in [-0.05, 0) is 29.9 Å². The predicted molar refractivity (Wildman–Crippen MR) is 91.6 cm³/mol. The monoisotopic (exact) mass is 328 g/mol. The first-order valence-electron chi connectivity index (χ1n) is 7.88. The second-order valence-electron chi connectivity index (χ2n) is 5.75. The molecule has 2 amide bonds. The third kappa shape index (κ3) is 3.99. The van der Waals surface area contributed by atoms with Crippen molar-refractivity contribution in [2.24, 2.45) is 5.92 Å². The van der Waals surface area contributed by atoms with Crippen molar-refractivity contribution in [2.45, 2.75) is 19.4 Å². The van der Waals surface area contributed by atoms with Crippen molar-refractivity contribution >= 4 is 23.2 Å². The summed E-state index contributed by atoms with van der Waals surface area (Å²) in [4.78, 5) is 27.2. The molecule has 0 spiro atoms. The van der Waals surface area contributed by atoms with Crippen molar-refractivity contribution in [1.82, 2.24) is 10.2 Å². The van der Waals surface area contributed by atoms with Gasteiger partial charge < -0.3 is 10.2 Å². The lowest BCUT2D eigenvalue weighted by atomic mass is 9.92. The maximum absolute atomic E-state index is 12.3. The molecular weight excluding hydrogens is 308 g/mol. The largest absolute Gasteiger partial charge is 0.334 e. The fourth-order valence-electron chi connectivity index (χ4n) is 2.85. The van der Waals surface area contributed by atoms with E-state index >= 15 is 0 Å². The molecule has 4 nitrogen and oxygen atoms in total. The number of urea groups is 1. The quantitative estimate of drug-likeness (QED) is 0.873. The Kier molecular flexibility index (Phi) is 5.08. The standard InChI is InChI=1S/C18H20N2O2S/c21-17(16-7-4-12-23-16)15-8-10-20(11-9-15)18(22)19-13-14-5-2-1-3-6-14/h1-7,12,15H,8-11,13H2,(H,19,22). The fourth-order valence-corrected chi connectivity index (χ4v) is 3.59. The molecule has 1 aromatic heterocycles. The minimum Gasteiger partial charge on any atom is -0.334 e. The molecule has 5 heteroatoms. The summed E-state index contributed by atoms with van der Waals surface area (Å²) in [6.07, 6.45) is 1.49. The highest BCUT2D eigenvalue weighted by Crippen LogP contribution is 2.24. The van der Waals surface area contributed by atoms with Crippen LogP contribution in [0.4, 0.5) is 4.79 Å². The van der Waals surface area contributed by atoms with Gasteiger partial charge in [-0.1, -0.05) is 36.4 Å². The smallest absolute Gasteiger partial charge is 0.317 e. The number of amides is 2. The molecule has 0 aliphatic carbocycles. The highest BCUT2D eigenvalue weighted by atomic mass is 32.1. The summed E-state index contributed by atoms with van der Waals surface area (Å²) in [5.74, 6) is 0.274. The zero-order chi connectivity index (χ0) is 16.1. The molecule has 120 valence electrons. The maximum Gasteiger partial charge on any atom is 0.317 e. The van der Waals surface area contributed by atoms with Crippen LogP contribution in [0.5, 0.6) is 0 Å². The van der Waals surface area contributed by atoms with Crippen LogP contribution >= 0.6 is 11.3 Å². The number of hydrogen-bond donors (Lipinski definition) is 1. The normalized spacial score (nSPS) is 15.4. The molecule has 0 bridgehead atoms.